The highest BCUT2D eigenvalue weighted by molar-refractivity contribution is 6.30. The van der Waals surface area contributed by atoms with Crippen molar-refractivity contribution in [3.05, 3.63) is 119 Å². The first-order chi connectivity index (χ1) is 16.2. The van der Waals surface area contributed by atoms with E-state index < -0.39 is 5.82 Å². The molecule has 0 saturated carbocycles. The summed E-state index contributed by atoms with van der Waals surface area (Å²) in [5.41, 5.74) is 3.85. The molecule has 2 aromatic heterocycles. The van der Waals surface area contributed by atoms with E-state index in [2.05, 4.69) is 15.2 Å². The molecule has 5 rings (SSSR count). The second-order valence-corrected chi connectivity index (χ2v) is 7.69. The Hall–Kier alpha value is -4.03. The van der Waals surface area contributed by atoms with Crippen LogP contribution in [0.2, 0.25) is 5.02 Å². The lowest BCUT2D eigenvalue weighted by molar-refractivity contribution is 0.302. The molecule has 0 radical (unpaired) electrons. The van der Waals surface area contributed by atoms with Crippen molar-refractivity contribution in [3.8, 4) is 5.75 Å². The summed E-state index contributed by atoms with van der Waals surface area (Å²) in [6.45, 7) is 0.348. The number of rotatable bonds is 6. The van der Waals surface area contributed by atoms with Crippen LogP contribution in [-0.2, 0) is 6.61 Å². The summed E-state index contributed by atoms with van der Waals surface area (Å²) in [7, 11) is 0. The zero-order valence-electron chi connectivity index (χ0n) is 17.3. The van der Waals surface area contributed by atoms with E-state index >= 15 is 0 Å². The summed E-state index contributed by atoms with van der Waals surface area (Å²) in [6.07, 6.45) is 3.02. The van der Waals surface area contributed by atoms with Crippen molar-refractivity contribution in [2.45, 2.75) is 6.61 Å². The Morgan fingerprint density at radius 3 is 2.64 bits per heavy atom. The molecular weight excluding hydrogens is 441 g/mol. The minimum absolute atomic E-state index is 0.0638. The number of aromatic nitrogens is 3. The van der Waals surface area contributed by atoms with Gasteiger partial charge in [0.25, 0.3) is 0 Å². The van der Waals surface area contributed by atoms with Gasteiger partial charge in [0.15, 0.2) is 0 Å². The molecule has 7 heteroatoms. The van der Waals surface area contributed by atoms with Crippen molar-refractivity contribution < 1.29 is 13.5 Å². The van der Waals surface area contributed by atoms with Crippen molar-refractivity contribution >= 4 is 34.2 Å². The van der Waals surface area contributed by atoms with Gasteiger partial charge in [0, 0.05) is 11.0 Å². The van der Waals surface area contributed by atoms with E-state index in [0.717, 1.165) is 22.2 Å². The maximum Gasteiger partial charge on any atom is 0.248 e. The van der Waals surface area contributed by atoms with Crippen molar-refractivity contribution in [3.63, 3.8) is 0 Å². The number of halogens is 2. The van der Waals surface area contributed by atoms with Gasteiger partial charge >= 0.3 is 0 Å². The molecular formula is C26H17ClFN3O2. The van der Waals surface area contributed by atoms with Crippen molar-refractivity contribution in [1.29, 1.82) is 0 Å². The zero-order valence-corrected chi connectivity index (χ0v) is 18.0. The van der Waals surface area contributed by atoms with Crippen LogP contribution in [-0.4, -0.2) is 15.2 Å². The first-order valence-corrected chi connectivity index (χ1v) is 10.5. The largest absolute Gasteiger partial charge is 0.487 e. The molecule has 5 nitrogen and oxygen atoms in total. The first kappa shape index (κ1) is 20.8. The van der Waals surface area contributed by atoms with Gasteiger partial charge in [-0.25, -0.2) is 9.37 Å². The lowest BCUT2D eigenvalue weighted by Gasteiger charge is -2.09. The molecule has 0 aliphatic rings. The third-order valence-corrected chi connectivity index (χ3v) is 5.36. The quantitative estimate of drug-likeness (QED) is 0.269. The molecule has 33 heavy (non-hydrogen) atoms. The minimum atomic E-state index is -0.499. The van der Waals surface area contributed by atoms with Gasteiger partial charge in [-0.1, -0.05) is 54.1 Å². The maximum absolute atomic E-state index is 13.9. The molecule has 0 saturated heterocycles. The predicted molar refractivity (Wildman–Crippen MR) is 125 cm³/mol. The topological polar surface area (TPSA) is 61.0 Å². The molecule has 0 amide bonds. The number of para-hydroxylation sites is 1. The highest BCUT2D eigenvalue weighted by atomic mass is 35.5. The summed E-state index contributed by atoms with van der Waals surface area (Å²) in [5.74, 6) is 0.511. The van der Waals surface area contributed by atoms with E-state index in [9.17, 15) is 4.39 Å². The Bertz CT molecular complexity index is 1430. The van der Waals surface area contributed by atoms with E-state index in [4.69, 9.17) is 20.8 Å². The van der Waals surface area contributed by atoms with Crippen LogP contribution >= 0.6 is 11.6 Å². The lowest BCUT2D eigenvalue weighted by Crippen LogP contribution is -1.98. The van der Waals surface area contributed by atoms with Gasteiger partial charge < -0.3 is 9.15 Å². The molecule has 2 heterocycles. The van der Waals surface area contributed by atoms with Crippen LogP contribution < -0.4 is 4.74 Å². The fourth-order valence-corrected chi connectivity index (χ4v) is 3.52. The summed E-state index contributed by atoms with van der Waals surface area (Å²) in [5, 5.41) is 8.92. The summed E-state index contributed by atoms with van der Waals surface area (Å²) >= 11 is 5.80. The Labute approximate surface area is 194 Å². The monoisotopic (exact) mass is 457 g/mol. The number of hydrogen-bond acceptors (Lipinski definition) is 5. The molecule has 0 aliphatic heterocycles. The van der Waals surface area contributed by atoms with Gasteiger partial charge in [-0.2, -0.15) is 0 Å². The fourth-order valence-electron chi connectivity index (χ4n) is 3.40. The predicted octanol–water partition coefficient (Wildman–Crippen LogP) is 6.58. The standard InChI is InChI=1S/C26H17ClFN3O2/c27-23-12-5-17(14-24(23)28)13-22(26-31-29-16-33-26)18-7-10-21(11-8-18)32-15-20-9-6-19-3-1-2-4-25(19)30-20/h1-14,16H,15H2/b22-13-. The Balaban J connectivity index is 1.37. The highest BCUT2D eigenvalue weighted by Crippen LogP contribution is 2.28. The number of fused-ring (bicyclic) bond motifs is 1. The molecule has 0 bridgehead atoms. The number of pyridine rings is 1. The maximum atomic E-state index is 13.9. The molecule has 0 spiro atoms. The Kier molecular flexibility index (Phi) is 5.83. The molecule has 0 atom stereocenters. The van der Waals surface area contributed by atoms with Crippen molar-refractivity contribution in [1.82, 2.24) is 15.2 Å². The van der Waals surface area contributed by atoms with Crippen molar-refractivity contribution in [2.75, 3.05) is 0 Å². The minimum Gasteiger partial charge on any atom is -0.487 e. The highest BCUT2D eigenvalue weighted by Gasteiger charge is 2.12. The van der Waals surface area contributed by atoms with Crippen LogP contribution in [0.1, 0.15) is 22.7 Å². The molecule has 0 unspecified atom stereocenters. The summed E-state index contributed by atoms with van der Waals surface area (Å²) in [6, 6.07) is 24.0. The van der Waals surface area contributed by atoms with Crippen LogP contribution in [0.3, 0.4) is 0 Å². The number of hydrogen-bond donors (Lipinski definition) is 0. The Morgan fingerprint density at radius 2 is 1.85 bits per heavy atom. The van der Waals surface area contributed by atoms with E-state index in [1.807, 2.05) is 60.7 Å². The number of benzene rings is 3. The van der Waals surface area contributed by atoms with Gasteiger partial charge in [-0.05, 0) is 53.6 Å². The molecule has 162 valence electrons. The molecule has 0 N–H and O–H groups in total. The van der Waals surface area contributed by atoms with Crippen molar-refractivity contribution in [2.24, 2.45) is 0 Å². The van der Waals surface area contributed by atoms with Crippen LogP contribution in [0.25, 0.3) is 22.6 Å². The van der Waals surface area contributed by atoms with Crippen LogP contribution in [0.4, 0.5) is 4.39 Å². The SMILES string of the molecule is Fc1cc(/C=C(/c2ccc(OCc3ccc4ccccc4n3)cc2)c2nnco2)ccc1Cl. The number of nitrogens with zero attached hydrogens (tertiary/aromatic N) is 3. The molecule has 3 aromatic carbocycles. The van der Waals surface area contributed by atoms with Crippen LogP contribution in [0.15, 0.2) is 89.7 Å². The first-order valence-electron chi connectivity index (χ1n) is 10.2. The van der Waals surface area contributed by atoms with E-state index in [-0.39, 0.29) is 5.02 Å². The van der Waals surface area contributed by atoms with Gasteiger partial charge in [-0.3, -0.25) is 0 Å². The third kappa shape index (κ3) is 4.76. The second kappa shape index (κ2) is 9.22. The van der Waals surface area contributed by atoms with Gasteiger partial charge in [-0.15, -0.1) is 10.2 Å². The Morgan fingerprint density at radius 1 is 1.00 bits per heavy atom. The smallest absolute Gasteiger partial charge is 0.248 e. The average Bonchev–Trinajstić information content (AvgIpc) is 3.38. The second-order valence-electron chi connectivity index (χ2n) is 7.28. The van der Waals surface area contributed by atoms with E-state index in [1.54, 1.807) is 12.1 Å². The number of ether oxygens (including phenoxy) is 1. The molecule has 0 aliphatic carbocycles. The van der Waals surface area contributed by atoms with Gasteiger partial charge in [0.05, 0.1) is 16.2 Å². The summed E-state index contributed by atoms with van der Waals surface area (Å²) < 4.78 is 25.2. The summed E-state index contributed by atoms with van der Waals surface area (Å²) in [4.78, 5) is 4.63. The third-order valence-electron chi connectivity index (χ3n) is 5.05. The van der Waals surface area contributed by atoms with E-state index in [1.165, 1.54) is 18.5 Å². The average molecular weight is 458 g/mol. The van der Waals surface area contributed by atoms with Crippen LogP contribution in [0.5, 0.6) is 5.75 Å². The van der Waals surface area contributed by atoms with E-state index in [0.29, 0.717) is 29.4 Å². The van der Waals surface area contributed by atoms with Gasteiger partial charge in [0.2, 0.25) is 12.3 Å². The molecule has 5 aromatic rings. The fraction of sp³-hybridized carbons (Fsp3) is 0.0385. The lowest BCUT2D eigenvalue weighted by atomic mass is 10.0. The normalized spacial score (nSPS) is 11.6. The van der Waals surface area contributed by atoms with Gasteiger partial charge in [0.1, 0.15) is 18.2 Å². The zero-order chi connectivity index (χ0) is 22.6. The van der Waals surface area contributed by atoms with Crippen LogP contribution in [0, 0.1) is 5.82 Å². The molecule has 0 fully saturated rings.